The molecule has 1 atom stereocenters. The van der Waals surface area contributed by atoms with Gasteiger partial charge in [0.25, 0.3) is 0 Å². The lowest BCUT2D eigenvalue weighted by atomic mass is 10.1. The van der Waals surface area contributed by atoms with Crippen molar-refractivity contribution < 1.29 is 9.53 Å². The molecule has 3 N–H and O–H groups in total. The number of nitrogens with two attached hydrogens (primary N) is 1. The molecule has 20 heavy (non-hydrogen) atoms. The predicted molar refractivity (Wildman–Crippen MR) is 78.0 cm³/mol. The zero-order valence-electron chi connectivity index (χ0n) is 12.0. The maximum Gasteiger partial charge on any atom is 0.236 e. The van der Waals surface area contributed by atoms with Gasteiger partial charge in [0.2, 0.25) is 5.91 Å². The van der Waals surface area contributed by atoms with Gasteiger partial charge in [-0.15, -0.1) is 0 Å². The SMILES string of the molecule is C[C@@H](N)C(=O)NCc1ccccc1CN1CCOCC1. The Morgan fingerprint density at radius 1 is 1.35 bits per heavy atom. The van der Waals surface area contributed by atoms with Crippen molar-refractivity contribution in [3.05, 3.63) is 35.4 Å². The summed E-state index contributed by atoms with van der Waals surface area (Å²) in [6.07, 6.45) is 0. The molecule has 0 bridgehead atoms. The van der Waals surface area contributed by atoms with E-state index in [4.69, 9.17) is 10.5 Å². The molecular weight excluding hydrogens is 254 g/mol. The molecule has 0 radical (unpaired) electrons. The fourth-order valence-electron chi connectivity index (χ4n) is 2.23. The lowest BCUT2D eigenvalue weighted by Crippen LogP contribution is -2.38. The number of nitrogens with one attached hydrogen (secondary N) is 1. The van der Waals surface area contributed by atoms with E-state index in [1.165, 1.54) is 5.56 Å². The number of rotatable bonds is 5. The molecule has 1 fully saturated rings. The quantitative estimate of drug-likeness (QED) is 0.821. The van der Waals surface area contributed by atoms with Crippen molar-refractivity contribution in [1.82, 2.24) is 10.2 Å². The Morgan fingerprint density at radius 2 is 2.00 bits per heavy atom. The molecule has 1 aromatic rings. The number of nitrogens with zero attached hydrogens (tertiary/aromatic N) is 1. The van der Waals surface area contributed by atoms with Gasteiger partial charge in [0.05, 0.1) is 19.3 Å². The van der Waals surface area contributed by atoms with Gasteiger partial charge in [0.15, 0.2) is 0 Å². The first kappa shape index (κ1) is 15.0. The summed E-state index contributed by atoms with van der Waals surface area (Å²) < 4.78 is 5.36. The van der Waals surface area contributed by atoms with Crippen molar-refractivity contribution in [2.24, 2.45) is 5.73 Å². The molecule has 5 nitrogen and oxygen atoms in total. The van der Waals surface area contributed by atoms with E-state index in [1.54, 1.807) is 6.92 Å². The van der Waals surface area contributed by atoms with E-state index in [0.29, 0.717) is 6.54 Å². The highest BCUT2D eigenvalue weighted by Crippen LogP contribution is 2.12. The van der Waals surface area contributed by atoms with Crippen molar-refractivity contribution >= 4 is 5.91 Å². The molecule has 0 aromatic heterocycles. The molecule has 5 heteroatoms. The molecule has 1 heterocycles. The van der Waals surface area contributed by atoms with E-state index in [9.17, 15) is 4.79 Å². The van der Waals surface area contributed by atoms with Crippen LogP contribution in [0.4, 0.5) is 0 Å². The van der Waals surface area contributed by atoms with Crippen molar-refractivity contribution in [2.45, 2.75) is 26.1 Å². The summed E-state index contributed by atoms with van der Waals surface area (Å²) in [6, 6.07) is 7.73. The Kier molecular flexibility index (Phi) is 5.52. The first-order chi connectivity index (χ1) is 9.66. The fourth-order valence-corrected chi connectivity index (χ4v) is 2.23. The second kappa shape index (κ2) is 7.38. The summed E-state index contributed by atoms with van der Waals surface area (Å²) in [5.41, 5.74) is 7.95. The number of morpholine rings is 1. The fraction of sp³-hybridized carbons (Fsp3) is 0.533. The molecule has 1 aliphatic heterocycles. The number of hydrogen-bond acceptors (Lipinski definition) is 4. The second-order valence-corrected chi connectivity index (χ2v) is 5.16. The average molecular weight is 277 g/mol. The number of carbonyl (C=O) groups excluding carboxylic acids is 1. The molecule has 110 valence electrons. The molecule has 0 aliphatic carbocycles. The van der Waals surface area contributed by atoms with Gasteiger partial charge in [0.1, 0.15) is 0 Å². The van der Waals surface area contributed by atoms with Crippen LogP contribution < -0.4 is 11.1 Å². The lowest BCUT2D eigenvalue weighted by Gasteiger charge is -2.27. The van der Waals surface area contributed by atoms with Gasteiger partial charge in [0, 0.05) is 26.2 Å². The van der Waals surface area contributed by atoms with Gasteiger partial charge >= 0.3 is 0 Å². The Morgan fingerprint density at radius 3 is 2.65 bits per heavy atom. The van der Waals surface area contributed by atoms with Crippen LogP contribution in [0.25, 0.3) is 0 Å². The van der Waals surface area contributed by atoms with Crippen LogP contribution in [0.5, 0.6) is 0 Å². The number of carbonyl (C=O) groups is 1. The van der Waals surface area contributed by atoms with Crippen LogP contribution in [0.3, 0.4) is 0 Å². The van der Waals surface area contributed by atoms with Gasteiger partial charge in [-0.2, -0.15) is 0 Å². The number of amides is 1. The summed E-state index contributed by atoms with van der Waals surface area (Å²) in [6.45, 7) is 6.62. The van der Waals surface area contributed by atoms with Gasteiger partial charge in [-0.1, -0.05) is 24.3 Å². The van der Waals surface area contributed by atoms with E-state index < -0.39 is 6.04 Å². The first-order valence-electron chi connectivity index (χ1n) is 7.07. The third kappa shape index (κ3) is 4.30. The zero-order valence-corrected chi connectivity index (χ0v) is 12.0. The van der Waals surface area contributed by atoms with Crippen molar-refractivity contribution in [3.63, 3.8) is 0 Å². The number of benzene rings is 1. The zero-order chi connectivity index (χ0) is 14.4. The highest BCUT2D eigenvalue weighted by Gasteiger charge is 2.13. The highest BCUT2D eigenvalue weighted by atomic mass is 16.5. The minimum atomic E-state index is -0.471. The van der Waals surface area contributed by atoms with E-state index in [-0.39, 0.29) is 5.91 Å². The smallest absolute Gasteiger partial charge is 0.236 e. The van der Waals surface area contributed by atoms with Gasteiger partial charge in [-0.05, 0) is 18.1 Å². The van der Waals surface area contributed by atoms with Crippen LogP contribution in [-0.2, 0) is 22.6 Å². The van der Waals surface area contributed by atoms with E-state index >= 15 is 0 Å². The Hall–Kier alpha value is -1.43. The molecule has 0 unspecified atom stereocenters. The second-order valence-electron chi connectivity index (χ2n) is 5.16. The normalized spacial score (nSPS) is 17.7. The summed E-state index contributed by atoms with van der Waals surface area (Å²) >= 11 is 0. The molecule has 1 aromatic carbocycles. The molecule has 0 spiro atoms. The van der Waals surface area contributed by atoms with E-state index in [1.807, 2.05) is 12.1 Å². The summed E-state index contributed by atoms with van der Waals surface area (Å²) in [5, 5.41) is 2.87. The topological polar surface area (TPSA) is 67.6 Å². The minimum Gasteiger partial charge on any atom is -0.379 e. The van der Waals surface area contributed by atoms with Crippen molar-refractivity contribution in [3.8, 4) is 0 Å². The van der Waals surface area contributed by atoms with Gasteiger partial charge in [-0.3, -0.25) is 9.69 Å². The monoisotopic (exact) mass is 277 g/mol. The Bertz CT molecular complexity index is 442. The van der Waals surface area contributed by atoms with Crippen LogP contribution in [0.1, 0.15) is 18.1 Å². The van der Waals surface area contributed by atoms with E-state index in [0.717, 1.165) is 38.4 Å². The van der Waals surface area contributed by atoms with Gasteiger partial charge in [-0.25, -0.2) is 0 Å². The molecule has 1 aliphatic rings. The van der Waals surface area contributed by atoms with Crippen LogP contribution in [0.15, 0.2) is 24.3 Å². The maximum absolute atomic E-state index is 11.6. The molecule has 1 saturated heterocycles. The van der Waals surface area contributed by atoms with Crippen LogP contribution in [0.2, 0.25) is 0 Å². The average Bonchev–Trinajstić information content (AvgIpc) is 2.47. The summed E-state index contributed by atoms with van der Waals surface area (Å²) in [7, 11) is 0. The standard InChI is InChI=1S/C15H23N3O2/c1-12(16)15(19)17-10-13-4-2-3-5-14(13)11-18-6-8-20-9-7-18/h2-5,12H,6-11,16H2,1H3,(H,17,19)/t12-/m1/s1. The predicted octanol–water partition coefficient (Wildman–Crippen LogP) is 0.482. The number of hydrogen-bond donors (Lipinski definition) is 2. The molecule has 1 amide bonds. The molecular formula is C15H23N3O2. The third-order valence-electron chi connectivity index (χ3n) is 3.48. The number of ether oxygens (including phenoxy) is 1. The Balaban J connectivity index is 1.96. The van der Waals surface area contributed by atoms with Crippen molar-refractivity contribution in [1.29, 1.82) is 0 Å². The summed E-state index contributed by atoms with van der Waals surface area (Å²) in [5.74, 6) is -0.119. The van der Waals surface area contributed by atoms with E-state index in [2.05, 4.69) is 22.3 Å². The maximum atomic E-state index is 11.6. The molecule has 2 rings (SSSR count). The Labute approximate surface area is 120 Å². The third-order valence-corrected chi connectivity index (χ3v) is 3.48. The van der Waals surface area contributed by atoms with Crippen LogP contribution >= 0.6 is 0 Å². The molecule has 0 saturated carbocycles. The summed E-state index contributed by atoms with van der Waals surface area (Å²) in [4.78, 5) is 13.9. The first-order valence-corrected chi connectivity index (χ1v) is 7.07. The van der Waals surface area contributed by atoms with Crippen LogP contribution in [0, 0.1) is 0 Å². The lowest BCUT2D eigenvalue weighted by molar-refractivity contribution is -0.122. The van der Waals surface area contributed by atoms with Crippen molar-refractivity contribution in [2.75, 3.05) is 26.3 Å². The highest BCUT2D eigenvalue weighted by molar-refractivity contribution is 5.80. The largest absolute Gasteiger partial charge is 0.379 e. The van der Waals surface area contributed by atoms with Gasteiger partial charge < -0.3 is 15.8 Å². The van der Waals surface area contributed by atoms with Crippen LogP contribution in [-0.4, -0.2) is 43.2 Å². The minimum absolute atomic E-state index is 0.119.